The first kappa shape index (κ1) is 16.8. The van der Waals surface area contributed by atoms with Crippen LogP contribution in [0.4, 0.5) is 0 Å². The normalized spacial score (nSPS) is 11.0. The van der Waals surface area contributed by atoms with E-state index in [9.17, 15) is 4.79 Å². The predicted molar refractivity (Wildman–Crippen MR) is 87.2 cm³/mol. The van der Waals surface area contributed by atoms with E-state index in [1.807, 2.05) is 25.3 Å². The van der Waals surface area contributed by atoms with Crippen LogP contribution >= 0.6 is 0 Å². The fourth-order valence-electron chi connectivity index (χ4n) is 1.98. The number of primary amides is 1. The molecule has 0 atom stereocenters. The van der Waals surface area contributed by atoms with Gasteiger partial charge in [0.15, 0.2) is 5.96 Å². The molecule has 1 aromatic rings. The molecule has 0 unspecified atom stereocenters. The number of carbonyl (C=O) groups is 1. The van der Waals surface area contributed by atoms with E-state index in [-0.39, 0.29) is 0 Å². The molecule has 0 spiro atoms. The molecule has 1 aromatic carbocycles. The number of nitrogens with zero attached hydrogens (tertiary/aromatic N) is 2. The molecule has 114 valence electrons. The van der Waals surface area contributed by atoms with Gasteiger partial charge in [-0.05, 0) is 30.5 Å². The quantitative estimate of drug-likeness (QED) is 0.347. The summed E-state index contributed by atoms with van der Waals surface area (Å²) in [4.78, 5) is 17.5. The van der Waals surface area contributed by atoms with Gasteiger partial charge in [0.25, 0.3) is 0 Å². The van der Waals surface area contributed by atoms with Crippen LogP contribution in [-0.2, 0) is 6.54 Å². The molecule has 0 aliphatic rings. The van der Waals surface area contributed by atoms with Gasteiger partial charge in [-0.15, -0.1) is 6.58 Å². The SMILES string of the molecule is C=CCCCN(C)C(=NC)NCc1cccc(C(N)=O)c1. The molecule has 0 saturated carbocycles. The number of amides is 1. The second-order valence-corrected chi connectivity index (χ2v) is 4.82. The van der Waals surface area contributed by atoms with E-state index in [0.717, 1.165) is 30.9 Å². The smallest absolute Gasteiger partial charge is 0.248 e. The van der Waals surface area contributed by atoms with Crippen LogP contribution in [0.3, 0.4) is 0 Å². The average molecular weight is 288 g/mol. The van der Waals surface area contributed by atoms with Crippen LogP contribution < -0.4 is 11.1 Å². The number of rotatable bonds is 7. The number of nitrogens with one attached hydrogen (secondary N) is 1. The number of unbranched alkanes of at least 4 members (excludes halogenated alkanes) is 1. The standard InChI is InChI=1S/C16H24N4O/c1-4-5-6-10-20(3)16(18-2)19-12-13-8-7-9-14(11-13)15(17)21/h4,7-9,11H,1,5-6,10,12H2,2-3H3,(H2,17,21)(H,18,19). The fourth-order valence-corrected chi connectivity index (χ4v) is 1.98. The van der Waals surface area contributed by atoms with Gasteiger partial charge in [-0.1, -0.05) is 18.2 Å². The molecule has 0 aliphatic carbocycles. The van der Waals surface area contributed by atoms with Crippen LogP contribution in [0.5, 0.6) is 0 Å². The van der Waals surface area contributed by atoms with Gasteiger partial charge in [0.05, 0.1) is 0 Å². The number of carbonyl (C=O) groups excluding carboxylic acids is 1. The second-order valence-electron chi connectivity index (χ2n) is 4.82. The highest BCUT2D eigenvalue weighted by molar-refractivity contribution is 5.92. The monoisotopic (exact) mass is 288 g/mol. The molecule has 1 rings (SSSR count). The first-order valence-electron chi connectivity index (χ1n) is 7.00. The zero-order chi connectivity index (χ0) is 15.7. The van der Waals surface area contributed by atoms with E-state index in [2.05, 4.69) is 21.8 Å². The Labute approximate surface area is 126 Å². The lowest BCUT2D eigenvalue weighted by atomic mass is 10.1. The van der Waals surface area contributed by atoms with Crippen LogP contribution in [-0.4, -0.2) is 37.4 Å². The lowest BCUT2D eigenvalue weighted by molar-refractivity contribution is 0.1000. The molecule has 1 amide bonds. The maximum Gasteiger partial charge on any atom is 0.248 e. The van der Waals surface area contributed by atoms with Crippen molar-refractivity contribution in [3.63, 3.8) is 0 Å². The molecular weight excluding hydrogens is 264 g/mol. The molecule has 0 heterocycles. The predicted octanol–water partition coefficient (Wildman–Crippen LogP) is 1.76. The Balaban J connectivity index is 2.57. The summed E-state index contributed by atoms with van der Waals surface area (Å²) < 4.78 is 0. The summed E-state index contributed by atoms with van der Waals surface area (Å²) in [6.45, 7) is 5.23. The highest BCUT2D eigenvalue weighted by atomic mass is 16.1. The first-order chi connectivity index (χ1) is 10.1. The summed E-state index contributed by atoms with van der Waals surface area (Å²) in [7, 11) is 3.75. The van der Waals surface area contributed by atoms with Gasteiger partial charge in [-0.3, -0.25) is 9.79 Å². The minimum Gasteiger partial charge on any atom is -0.366 e. The Morgan fingerprint density at radius 3 is 2.90 bits per heavy atom. The van der Waals surface area contributed by atoms with Crippen molar-refractivity contribution in [3.8, 4) is 0 Å². The molecule has 0 aliphatic heterocycles. The molecule has 3 N–H and O–H groups in total. The molecule has 5 nitrogen and oxygen atoms in total. The Morgan fingerprint density at radius 2 is 2.29 bits per heavy atom. The first-order valence-corrected chi connectivity index (χ1v) is 7.00. The van der Waals surface area contributed by atoms with Crippen molar-refractivity contribution in [3.05, 3.63) is 48.0 Å². The van der Waals surface area contributed by atoms with E-state index in [1.165, 1.54) is 0 Å². The van der Waals surface area contributed by atoms with Crippen LogP contribution in [0.15, 0.2) is 41.9 Å². The summed E-state index contributed by atoms with van der Waals surface area (Å²) in [6, 6.07) is 7.28. The van der Waals surface area contributed by atoms with Crippen LogP contribution in [0.2, 0.25) is 0 Å². The van der Waals surface area contributed by atoms with Crippen LogP contribution in [0.25, 0.3) is 0 Å². The highest BCUT2D eigenvalue weighted by Crippen LogP contribution is 2.05. The zero-order valence-corrected chi connectivity index (χ0v) is 12.8. The van der Waals surface area contributed by atoms with Crippen molar-refractivity contribution in [1.29, 1.82) is 0 Å². The number of hydrogen-bond acceptors (Lipinski definition) is 2. The van der Waals surface area contributed by atoms with Crippen molar-refractivity contribution in [2.75, 3.05) is 20.6 Å². The van der Waals surface area contributed by atoms with Crippen LogP contribution in [0, 0.1) is 0 Å². The van der Waals surface area contributed by atoms with Gasteiger partial charge < -0.3 is 16.0 Å². The molecule has 0 aromatic heterocycles. The highest BCUT2D eigenvalue weighted by Gasteiger charge is 2.06. The third-order valence-electron chi connectivity index (χ3n) is 3.14. The van der Waals surface area contributed by atoms with Gasteiger partial charge in [0.1, 0.15) is 0 Å². The van der Waals surface area contributed by atoms with Gasteiger partial charge >= 0.3 is 0 Å². The summed E-state index contributed by atoms with van der Waals surface area (Å²) in [6.07, 6.45) is 3.94. The topological polar surface area (TPSA) is 70.7 Å². The molecular formula is C16H24N4O. The van der Waals surface area contributed by atoms with E-state index >= 15 is 0 Å². The summed E-state index contributed by atoms with van der Waals surface area (Å²) in [5, 5.41) is 3.28. The summed E-state index contributed by atoms with van der Waals surface area (Å²) >= 11 is 0. The number of benzene rings is 1. The van der Waals surface area contributed by atoms with Crippen LogP contribution in [0.1, 0.15) is 28.8 Å². The third kappa shape index (κ3) is 5.69. The summed E-state index contributed by atoms with van der Waals surface area (Å²) in [5.74, 6) is 0.409. The van der Waals surface area contributed by atoms with E-state index in [0.29, 0.717) is 12.1 Å². The Kier molecular flexibility index (Phi) is 7.01. The minimum atomic E-state index is -0.414. The largest absolute Gasteiger partial charge is 0.366 e. The van der Waals surface area contributed by atoms with Crippen molar-refractivity contribution in [2.24, 2.45) is 10.7 Å². The number of guanidine groups is 1. The molecule has 0 fully saturated rings. The second kappa shape index (κ2) is 8.79. The number of allylic oxidation sites excluding steroid dienone is 1. The molecule has 0 radical (unpaired) electrons. The van der Waals surface area contributed by atoms with Crippen molar-refractivity contribution >= 4 is 11.9 Å². The maximum absolute atomic E-state index is 11.2. The van der Waals surface area contributed by atoms with Crippen molar-refractivity contribution in [2.45, 2.75) is 19.4 Å². The molecule has 5 heteroatoms. The lowest BCUT2D eigenvalue weighted by Gasteiger charge is -2.22. The number of nitrogens with two attached hydrogens (primary N) is 1. The lowest BCUT2D eigenvalue weighted by Crippen LogP contribution is -2.39. The van der Waals surface area contributed by atoms with Gasteiger partial charge in [-0.2, -0.15) is 0 Å². The minimum absolute atomic E-state index is 0.414. The Morgan fingerprint density at radius 1 is 1.52 bits per heavy atom. The number of hydrogen-bond donors (Lipinski definition) is 2. The number of aliphatic imine (C=N–C) groups is 1. The zero-order valence-electron chi connectivity index (χ0n) is 12.8. The van der Waals surface area contributed by atoms with E-state index in [4.69, 9.17) is 5.73 Å². The molecule has 0 bridgehead atoms. The van der Waals surface area contributed by atoms with Gasteiger partial charge in [0, 0.05) is 32.7 Å². The molecule has 0 saturated heterocycles. The van der Waals surface area contributed by atoms with Crippen molar-refractivity contribution < 1.29 is 4.79 Å². The Bertz CT molecular complexity index is 511. The van der Waals surface area contributed by atoms with E-state index in [1.54, 1.807) is 19.2 Å². The van der Waals surface area contributed by atoms with Gasteiger partial charge in [-0.25, -0.2) is 0 Å². The fraction of sp³-hybridized carbons (Fsp3) is 0.375. The third-order valence-corrected chi connectivity index (χ3v) is 3.14. The Hall–Kier alpha value is -2.30. The molecule has 21 heavy (non-hydrogen) atoms. The van der Waals surface area contributed by atoms with E-state index < -0.39 is 5.91 Å². The maximum atomic E-state index is 11.2. The average Bonchev–Trinajstić information content (AvgIpc) is 2.48. The van der Waals surface area contributed by atoms with Gasteiger partial charge in [0.2, 0.25) is 5.91 Å². The summed E-state index contributed by atoms with van der Waals surface area (Å²) in [5.41, 5.74) is 6.79. The van der Waals surface area contributed by atoms with Crippen molar-refractivity contribution in [1.82, 2.24) is 10.2 Å².